The topological polar surface area (TPSA) is 274 Å². The van der Waals surface area contributed by atoms with Crippen LogP contribution in [0, 0.1) is 24.2 Å². The van der Waals surface area contributed by atoms with Crippen molar-refractivity contribution in [2.75, 3.05) is 25.6 Å². The van der Waals surface area contributed by atoms with Crippen LogP contribution in [0.3, 0.4) is 0 Å². The number of nitrogen functional groups attached to an aromatic ring is 1. The molecule has 6 N–H and O–H groups in total. The van der Waals surface area contributed by atoms with E-state index in [0.29, 0.717) is 0 Å². The fourth-order valence-electron chi connectivity index (χ4n) is 7.17. The lowest BCUT2D eigenvalue weighted by Gasteiger charge is -2.29. The Kier molecular flexibility index (Phi) is 7.03. The van der Waals surface area contributed by atoms with Gasteiger partial charge in [-0.3, -0.25) is 27.5 Å². The number of phosphoric acid groups is 2. The Balaban J connectivity index is 1.15. The van der Waals surface area contributed by atoms with Gasteiger partial charge in [-0.25, -0.2) is 38.4 Å². The van der Waals surface area contributed by atoms with Gasteiger partial charge in [0.2, 0.25) is 0 Å². The van der Waals surface area contributed by atoms with E-state index in [-0.39, 0.29) is 40.4 Å². The van der Waals surface area contributed by atoms with Crippen LogP contribution in [0.15, 0.2) is 23.8 Å². The van der Waals surface area contributed by atoms with Crippen LogP contribution in [-0.4, -0.2) is 98.2 Å². The molecule has 47 heavy (non-hydrogen) atoms. The molecule has 252 valence electrons. The number of halogens is 1. The van der Waals surface area contributed by atoms with Crippen molar-refractivity contribution in [1.29, 1.82) is 0 Å². The lowest BCUT2D eigenvalue weighted by molar-refractivity contribution is -0.0604. The van der Waals surface area contributed by atoms with Gasteiger partial charge in [0.05, 0.1) is 44.6 Å². The molecule has 0 amide bonds. The first kappa shape index (κ1) is 31.1. The number of nitrogens with two attached hydrogens (primary N) is 1. The predicted molar refractivity (Wildman–Crippen MR) is 153 cm³/mol. The van der Waals surface area contributed by atoms with Crippen molar-refractivity contribution in [3.63, 3.8) is 0 Å². The normalized spacial score (nSPS) is 40.4. The summed E-state index contributed by atoms with van der Waals surface area (Å²) in [7, 11) is -10.1. The summed E-state index contributed by atoms with van der Waals surface area (Å²) in [5.74, 6) is -1.44. The number of anilines is 1. The van der Waals surface area contributed by atoms with Crippen LogP contribution in [0.25, 0.3) is 22.3 Å². The zero-order chi connectivity index (χ0) is 33.0. The predicted octanol–water partition coefficient (Wildman–Crippen LogP) is 0.273. The highest BCUT2D eigenvalue weighted by Gasteiger charge is 2.75. The zero-order valence-electron chi connectivity index (χ0n) is 24.3. The number of aryl methyl sites for hydroxylation is 1. The number of H-pyrrole nitrogens is 1. The first-order chi connectivity index (χ1) is 22.3. The van der Waals surface area contributed by atoms with E-state index in [1.54, 1.807) is 0 Å². The molecule has 2 aliphatic heterocycles. The number of alkyl halides is 1. The number of hydrogen-bond acceptors (Lipinski definition) is 15. The first-order valence-electron chi connectivity index (χ1n) is 14.4. The molecule has 3 unspecified atom stereocenters. The molecule has 11 atom stereocenters. The van der Waals surface area contributed by atoms with Crippen molar-refractivity contribution in [2.45, 2.75) is 50.1 Å². The molecule has 6 heterocycles. The minimum absolute atomic E-state index is 0.0432. The highest BCUT2D eigenvalue weighted by molar-refractivity contribution is 7.47. The molecule has 2 bridgehead atoms. The Labute approximate surface area is 262 Å². The summed E-state index contributed by atoms with van der Waals surface area (Å²) in [5.41, 5.74) is 4.42. The minimum atomic E-state index is -5.05. The van der Waals surface area contributed by atoms with E-state index >= 15 is 4.39 Å². The van der Waals surface area contributed by atoms with E-state index in [9.17, 15) is 28.8 Å². The van der Waals surface area contributed by atoms with Crippen LogP contribution in [0.1, 0.15) is 24.5 Å². The van der Waals surface area contributed by atoms with Crippen LogP contribution in [0.4, 0.5) is 10.2 Å². The maximum Gasteiger partial charge on any atom is 0.472 e. The van der Waals surface area contributed by atoms with Gasteiger partial charge in [-0.1, -0.05) is 0 Å². The Hall–Kier alpha value is -3.23. The molecule has 4 aliphatic rings. The molecular formula is C24H28FN9O11P2. The quantitative estimate of drug-likeness (QED) is 0.180. The monoisotopic (exact) mass is 699 g/mol. The molecule has 0 aromatic carbocycles. The molecular weight excluding hydrogens is 671 g/mol. The number of rotatable bonds is 3. The average molecular weight is 699 g/mol. The summed E-state index contributed by atoms with van der Waals surface area (Å²) >= 11 is 0. The fourth-order valence-corrected chi connectivity index (χ4v) is 9.21. The molecule has 1 spiro atoms. The van der Waals surface area contributed by atoms with Crippen molar-refractivity contribution < 1.29 is 51.2 Å². The number of phosphoric ester groups is 2. The molecule has 8 rings (SSSR count). The van der Waals surface area contributed by atoms with Crippen molar-refractivity contribution >= 4 is 43.8 Å². The number of nitrogens with zero attached hydrogens (tertiary/aromatic N) is 7. The zero-order valence-corrected chi connectivity index (χ0v) is 26.1. The second kappa shape index (κ2) is 10.6. The molecule has 4 fully saturated rings. The number of hydrogen-bond donors (Lipinski definition) is 5. The SMILES string of the molecule is Cc1nc2c(ncn2[C@@H]2O[C@@H]3COP(=O)(O)O[C@H]4[C@@H](F)[C@H](n5cnc6c(N)ncnc65)[C@H]5CC54COP(=O)(O)O[C@@H]2[C@@H]3CO)c(=O)[nH]1. The smallest absolute Gasteiger partial charge is 0.396 e. The third-order valence-corrected chi connectivity index (χ3v) is 11.3. The van der Waals surface area contributed by atoms with Gasteiger partial charge in [-0.05, 0) is 19.3 Å². The molecule has 2 aliphatic carbocycles. The van der Waals surface area contributed by atoms with E-state index in [1.165, 1.54) is 35.0 Å². The number of ether oxygens (including phenoxy) is 1. The van der Waals surface area contributed by atoms with E-state index < -0.39 is 95.0 Å². The number of imidazole rings is 2. The Morgan fingerprint density at radius 3 is 2.62 bits per heavy atom. The molecule has 4 aromatic heterocycles. The Bertz CT molecular complexity index is 2060. The molecule has 4 aromatic rings. The number of aromatic nitrogens is 8. The highest BCUT2D eigenvalue weighted by Crippen LogP contribution is 2.72. The Morgan fingerprint density at radius 1 is 1.09 bits per heavy atom. The highest BCUT2D eigenvalue weighted by atomic mass is 31.2. The second-order valence-electron chi connectivity index (χ2n) is 12.1. The number of aromatic amines is 1. The first-order valence-corrected chi connectivity index (χ1v) is 17.4. The minimum Gasteiger partial charge on any atom is -0.396 e. The summed E-state index contributed by atoms with van der Waals surface area (Å²) < 4.78 is 73.8. The number of fused-ring (bicyclic) bond motifs is 4. The third kappa shape index (κ3) is 4.87. The van der Waals surface area contributed by atoms with E-state index in [2.05, 4.69) is 29.9 Å². The second-order valence-corrected chi connectivity index (χ2v) is 14.9. The van der Waals surface area contributed by atoms with Crippen molar-refractivity contribution in [3.05, 3.63) is 35.2 Å². The van der Waals surface area contributed by atoms with Crippen LogP contribution < -0.4 is 11.3 Å². The van der Waals surface area contributed by atoms with Crippen LogP contribution >= 0.6 is 15.6 Å². The lowest BCUT2D eigenvalue weighted by atomic mass is 9.99. The summed E-state index contributed by atoms with van der Waals surface area (Å²) in [6.07, 6.45) is -3.71. The standard InChI is InChI=1S/C24H28FN9O11P2/c1-9-31-21-15(22(36)32-9)30-8-34(21)23-17-10(3-35)12(43-23)4-41-46(37,38)45-18-13(25)16(11-2-24(11,18)5-42-47(39,40)44-17)33-7-29-14-19(26)27-6-28-20(14)33/h6-8,10-13,16-18,23,35H,2-5H2,1H3,(H,37,38)(H,39,40)(H2,26,27,28)(H,31,32,36)/t10-,11-,12-,13+,16-,17-,18+,23-,24?/m1/s1. The van der Waals surface area contributed by atoms with Crippen LogP contribution in [0.5, 0.6) is 0 Å². The van der Waals surface area contributed by atoms with Gasteiger partial charge in [0.15, 0.2) is 28.9 Å². The average Bonchev–Trinajstić information content (AvgIpc) is 3.30. The molecule has 23 heteroatoms. The third-order valence-electron chi connectivity index (χ3n) is 9.41. The Morgan fingerprint density at radius 2 is 1.83 bits per heavy atom. The van der Waals surface area contributed by atoms with E-state index in [1.807, 2.05) is 0 Å². The fraction of sp³-hybridized carbons (Fsp3) is 0.583. The summed E-state index contributed by atoms with van der Waals surface area (Å²) in [6.45, 7) is -0.459. The van der Waals surface area contributed by atoms with Gasteiger partial charge >= 0.3 is 15.6 Å². The van der Waals surface area contributed by atoms with Crippen LogP contribution in [0.2, 0.25) is 0 Å². The summed E-state index contributed by atoms with van der Waals surface area (Å²) in [4.78, 5) is 57.4. The maximum atomic E-state index is 16.3. The van der Waals surface area contributed by atoms with E-state index in [4.69, 9.17) is 28.6 Å². The van der Waals surface area contributed by atoms with E-state index in [0.717, 1.165) is 0 Å². The van der Waals surface area contributed by atoms with Gasteiger partial charge in [0.1, 0.15) is 36.0 Å². The summed E-state index contributed by atoms with van der Waals surface area (Å²) in [5, 5.41) is 10.3. The molecule has 2 saturated carbocycles. The van der Waals surface area contributed by atoms with Gasteiger partial charge in [-0.2, -0.15) is 0 Å². The van der Waals surface area contributed by atoms with Crippen molar-refractivity contribution in [1.82, 2.24) is 39.0 Å². The van der Waals surface area contributed by atoms with Gasteiger partial charge in [0.25, 0.3) is 5.56 Å². The summed E-state index contributed by atoms with van der Waals surface area (Å²) in [6, 6.07) is -1.04. The maximum absolute atomic E-state index is 16.3. The van der Waals surface area contributed by atoms with Crippen LogP contribution in [-0.2, 0) is 32.0 Å². The molecule has 20 nitrogen and oxygen atoms in total. The number of aliphatic hydroxyl groups excluding tert-OH is 1. The number of aliphatic hydroxyl groups is 1. The molecule has 2 saturated heterocycles. The van der Waals surface area contributed by atoms with Gasteiger partial charge in [-0.15, -0.1) is 0 Å². The lowest BCUT2D eigenvalue weighted by Crippen LogP contribution is -2.35. The van der Waals surface area contributed by atoms with Crippen molar-refractivity contribution in [2.24, 2.45) is 17.3 Å². The molecule has 0 radical (unpaired) electrons. The van der Waals surface area contributed by atoms with Crippen molar-refractivity contribution in [3.8, 4) is 0 Å². The number of nitrogens with one attached hydrogen (secondary N) is 1. The van der Waals surface area contributed by atoms with Gasteiger partial charge < -0.3 is 34.9 Å². The largest absolute Gasteiger partial charge is 0.472 e. The van der Waals surface area contributed by atoms with Gasteiger partial charge in [0, 0.05) is 11.3 Å².